The van der Waals surface area contributed by atoms with Gasteiger partial charge >= 0.3 is 0 Å². The minimum Gasteiger partial charge on any atom is -0.499 e. The van der Waals surface area contributed by atoms with Crippen LogP contribution in [-0.4, -0.2) is 15.2 Å². The zero-order valence-electron chi connectivity index (χ0n) is 32.6. The number of thiophene rings is 1. The van der Waals surface area contributed by atoms with E-state index in [1.807, 2.05) is 38.7 Å². The maximum absolute atomic E-state index is 5.38. The molecule has 0 fully saturated rings. The second-order valence-corrected chi connectivity index (χ2v) is 21.4. The van der Waals surface area contributed by atoms with Crippen LogP contribution in [0.15, 0.2) is 128 Å². The van der Waals surface area contributed by atoms with Gasteiger partial charge in [-0.2, -0.15) is 37.1 Å². The Morgan fingerprint density at radius 2 is 1.31 bits per heavy atom. The average molecular weight is 933 g/mol. The van der Waals surface area contributed by atoms with E-state index in [-0.39, 0.29) is 20.1 Å². The number of fused-ring (bicyclic) bond motifs is 4. The molecule has 0 amide bonds. The predicted molar refractivity (Wildman–Crippen MR) is 234 cm³/mol. The molecule has 0 aliphatic rings. The van der Waals surface area contributed by atoms with Crippen molar-refractivity contribution in [2.75, 3.05) is 7.11 Å². The molecule has 3 nitrogen and oxygen atoms in total. The summed E-state index contributed by atoms with van der Waals surface area (Å²) >= 11 is 1.84. The molecule has 0 spiro atoms. The van der Waals surface area contributed by atoms with Crippen LogP contribution >= 0.6 is 11.3 Å². The number of nitrogens with zero attached hydrogens (tertiary/aromatic N) is 2. The molecule has 0 bridgehead atoms. The normalized spacial score (nSPS) is 11.4. The summed E-state index contributed by atoms with van der Waals surface area (Å²) in [7, 11) is 8.79. The number of pyridine rings is 2. The number of aromatic nitrogens is 2. The van der Waals surface area contributed by atoms with Crippen molar-refractivity contribution in [3.63, 3.8) is 0 Å². The van der Waals surface area contributed by atoms with Crippen molar-refractivity contribution >= 4 is 55.5 Å². The van der Waals surface area contributed by atoms with Gasteiger partial charge in [-0.3, -0.25) is 0 Å². The van der Waals surface area contributed by atoms with Gasteiger partial charge in [-0.1, -0.05) is 136 Å². The molecule has 1 radical (unpaired) electrons. The van der Waals surface area contributed by atoms with Gasteiger partial charge in [0.1, 0.15) is 0 Å². The van der Waals surface area contributed by atoms with Crippen molar-refractivity contribution in [1.29, 1.82) is 0 Å². The zero-order valence-corrected chi connectivity index (χ0v) is 36.8. The molecule has 0 saturated heterocycles. The van der Waals surface area contributed by atoms with Crippen LogP contribution in [0.25, 0.3) is 64.6 Å². The zero-order chi connectivity index (χ0) is 38.3. The Kier molecular flexibility index (Phi) is 11.6. The molecule has 8 aromatic rings. The number of ether oxygens (including phenoxy) is 1. The van der Waals surface area contributed by atoms with E-state index >= 15 is 0 Å². The monoisotopic (exact) mass is 933 g/mol. The van der Waals surface area contributed by atoms with Gasteiger partial charge in [0.15, 0.2) is 0 Å². The number of methoxy groups -OCH3 is 1. The molecule has 55 heavy (non-hydrogen) atoms. The maximum Gasteiger partial charge on any atom is 0.0941 e. The second kappa shape index (κ2) is 16.0. The SMILES string of the molecule is [CH2-]c1ccc(OC)cc1-c1cc(C(C)C)c([Si](C)(C)C)c[n+]1[CH2-].[CH2-]c1ccc2c(sc3cc(-c4ccccc4)ccc32)c1-c1cc2ccccc2c[n+]1[CH2-].[Ir]. The molecule has 8 rings (SSSR count). The molecule has 3 heterocycles. The molecule has 6 heteroatoms. The molecular weight excluding hydrogens is 885 g/mol. The molecule has 0 unspecified atom stereocenters. The fraction of sp³-hybridized carbons (Fsp3) is 0.143. The summed E-state index contributed by atoms with van der Waals surface area (Å²) in [6.45, 7) is 20.2. The molecule has 0 atom stereocenters. The largest absolute Gasteiger partial charge is 0.499 e. The fourth-order valence-electron chi connectivity index (χ4n) is 7.28. The molecule has 281 valence electrons. The third-order valence-electron chi connectivity index (χ3n) is 10.2. The molecule has 3 aromatic heterocycles. The van der Waals surface area contributed by atoms with Crippen molar-refractivity contribution in [1.82, 2.24) is 0 Å². The second-order valence-electron chi connectivity index (χ2n) is 15.3. The minimum absolute atomic E-state index is 0. The standard InChI is InChI=1S/C29H20NS.C20H28NOSi.Ir/c1-19-12-14-25-24-15-13-22(20-8-4-3-5-9-20)17-27(24)31-29(25)28(19)26-16-21-10-6-7-11-23(21)18-30(26)2;1-14(2)17-12-19(21(4)13-20(17)23(6,7)8)18-11-16(22-5)10-9-15(18)3;/h3-18H,1-2H2;9-14H,3-4H2,1-2,5-8H3;/q2*-1;. The average Bonchev–Trinajstić information content (AvgIpc) is 3.53. The molecule has 0 aliphatic heterocycles. The maximum atomic E-state index is 5.38. The van der Waals surface area contributed by atoms with Gasteiger partial charge in [-0.15, -0.1) is 23.0 Å². The first-order valence-corrected chi connectivity index (χ1v) is 22.7. The van der Waals surface area contributed by atoms with Crippen LogP contribution in [0.5, 0.6) is 5.75 Å². The van der Waals surface area contributed by atoms with Crippen molar-refractivity contribution < 1.29 is 34.0 Å². The summed E-state index contributed by atoms with van der Waals surface area (Å²) in [5, 5.41) is 6.43. The Bertz CT molecular complexity index is 2660. The van der Waals surface area contributed by atoms with Gasteiger partial charge in [0.25, 0.3) is 0 Å². The van der Waals surface area contributed by atoms with Crippen LogP contribution in [0.4, 0.5) is 0 Å². The van der Waals surface area contributed by atoms with Crippen molar-refractivity contribution in [3.05, 3.63) is 172 Å². The van der Waals surface area contributed by atoms with Crippen LogP contribution in [0, 0.1) is 27.9 Å². The van der Waals surface area contributed by atoms with E-state index < -0.39 is 8.07 Å². The minimum atomic E-state index is -1.43. The summed E-state index contributed by atoms with van der Waals surface area (Å²) < 4.78 is 11.9. The molecule has 0 saturated carbocycles. The van der Waals surface area contributed by atoms with Crippen LogP contribution in [-0.2, 0) is 20.1 Å². The van der Waals surface area contributed by atoms with Crippen LogP contribution < -0.4 is 19.1 Å². The third-order valence-corrected chi connectivity index (χ3v) is 13.4. The first-order chi connectivity index (χ1) is 25.8. The Balaban J connectivity index is 0.000000193. The van der Waals surface area contributed by atoms with E-state index in [0.717, 1.165) is 33.8 Å². The quantitative estimate of drug-likeness (QED) is 0.0922. The van der Waals surface area contributed by atoms with Crippen LogP contribution in [0.1, 0.15) is 36.5 Å². The van der Waals surface area contributed by atoms with E-state index in [1.54, 1.807) is 7.11 Å². The van der Waals surface area contributed by atoms with Gasteiger partial charge in [0, 0.05) is 38.9 Å². The van der Waals surface area contributed by atoms with Gasteiger partial charge in [-0.25, -0.2) is 0 Å². The summed E-state index contributed by atoms with van der Waals surface area (Å²) in [6, 6.07) is 40.6. The summed E-state index contributed by atoms with van der Waals surface area (Å²) in [6.07, 6.45) is 4.32. The van der Waals surface area contributed by atoms with Crippen LogP contribution in [0.3, 0.4) is 0 Å². The topological polar surface area (TPSA) is 17.0 Å². The fourth-order valence-corrected chi connectivity index (χ4v) is 10.4. The van der Waals surface area contributed by atoms with E-state index in [4.69, 9.17) is 4.74 Å². The Morgan fingerprint density at radius 3 is 2.00 bits per heavy atom. The van der Waals surface area contributed by atoms with Gasteiger partial charge in [-0.05, 0) is 54.5 Å². The number of benzene rings is 5. The number of hydrogen-bond donors (Lipinski definition) is 0. The molecular formula is C49H48IrN2OSSi-2. The van der Waals surface area contributed by atoms with Gasteiger partial charge in [0.05, 0.1) is 44.7 Å². The van der Waals surface area contributed by atoms with E-state index in [1.165, 1.54) is 58.4 Å². The van der Waals surface area contributed by atoms with Crippen molar-refractivity contribution in [2.24, 2.45) is 0 Å². The van der Waals surface area contributed by atoms with Crippen molar-refractivity contribution in [3.8, 4) is 39.4 Å². The van der Waals surface area contributed by atoms with Crippen LogP contribution in [0.2, 0.25) is 19.6 Å². The Hall–Kier alpha value is -4.97. The van der Waals surface area contributed by atoms with Gasteiger partial charge in [0.2, 0.25) is 0 Å². The Morgan fingerprint density at radius 1 is 0.655 bits per heavy atom. The van der Waals surface area contributed by atoms with E-state index in [2.05, 4.69) is 171 Å². The van der Waals surface area contributed by atoms with Gasteiger partial charge < -0.3 is 13.9 Å². The number of rotatable bonds is 6. The molecule has 5 aromatic carbocycles. The number of hydrogen-bond acceptors (Lipinski definition) is 2. The Labute approximate surface area is 345 Å². The third kappa shape index (κ3) is 7.92. The van der Waals surface area contributed by atoms with E-state index in [0.29, 0.717) is 5.92 Å². The molecule has 0 N–H and O–H groups in total. The predicted octanol–water partition coefficient (Wildman–Crippen LogP) is 11.8. The first-order valence-electron chi connectivity index (χ1n) is 18.4. The summed E-state index contributed by atoms with van der Waals surface area (Å²) in [4.78, 5) is 0. The summed E-state index contributed by atoms with van der Waals surface area (Å²) in [5.74, 6) is 1.32. The van der Waals surface area contributed by atoms with Crippen molar-refractivity contribution in [2.45, 2.75) is 39.4 Å². The molecule has 0 aliphatic carbocycles. The smallest absolute Gasteiger partial charge is 0.0941 e. The first kappa shape index (κ1) is 39.7. The van der Waals surface area contributed by atoms with E-state index in [9.17, 15) is 0 Å². The summed E-state index contributed by atoms with van der Waals surface area (Å²) in [5.41, 5.74) is 10.3.